The maximum absolute atomic E-state index is 12.5. The molecule has 26 heavy (non-hydrogen) atoms. The number of carbonyl (C=O) groups is 1. The molecule has 5 nitrogen and oxygen atoms in total. The fourth-order valence-electron chi connectivity index (χ4n) is 2.13. The van der Waals surface area contributed by atoms with Crippen molar-refractivity contribution < 1.29 is 26.4 Å². The highest BCUT2D eigenvalue weighted by molar-refractivity contribution is 7.91. The van der Waals surface area contributed by atoms with E-state index in [4.69, 9.17) is 0 Å². The van der Waals surface area contributed by atoms with Gasteiger partial charge in [0.15, 0.2) is 0 Å². The molecule has 1 heterocycles. The van der Waals surface area contributed by atoms with Gasteiger partial charge in [0.05, 0.1) is 5.56 Å². The summed E-state index contributed by atoms with van der Waals surface area (Å²) in [5.74, 6) is -0.321. The third kappa shape index (κ3) is 5.55. The van der Waals surface area contributed by atoms with Crippen LogP contribution < -0.4 is 4.72 Å². The number of halogens is 3. The van der Waals surface area contributed by atoms with Crippen LogP contribution in [0.2, 0.25) is 0 Å². The summed E-state index contributed by atoms with van der Waals surface area (Å²) in [7, 11) is -2.12. The van der Waals surface area contributed by atoms with E-state index in [2.05, 4.69) is 4.72 Å². The number of rotatable bonds is 7. The predicted molar refractivity (Wildman–Crippen MR) is 92.0 cm³/mol. The van der Waals surface area contributed by atoms with Crippen LogP contribution in [0.1, 0.15) is 17.5 Å². The zero-order valence-electron chi connectivity index (χ0n) is 13.8. The monoisotopic (exact) mass is 406 g/mol. The van der Waals surface area contributed by atoms with E-state index in [1.165, 1.54) is 30.1 Å². The molecule has 2 aromatic rings. The second-order valence-electron chi connectivity index (χ2n) is 5.52. The first-order valence-electron chi connectivity index (χ1n) is 7.53. The molecule has 0 spiro atoms. The molecule has 142 valence electrons. The van der Waals surface area contributed by atoms with Gasteiger partial charge in [-0.2, -0.15) is 13.2 Å². The quantitative estimate of drug-likeness (QED) is 0.769. The number of hydrogen-bond donors (Lipinski definition) is 1. The molecule has 0 saturated carbocycles. The Morgan fingerprint density at radius 2 is 1.85 bits per heavy atom. The molecule has 0 atom stereocenters. The van der Waals surface area contributed by atoms with E-state index in [1.54, 1.807) is 11.4 Å². The fourth-order valence-corrected chi connectivity index (χ4v) is 4.20. The number of amides is 1. The standard InChI is InChI=1S/C16H17F3N2O3S2/c1-21(11-12-4-6-13(7-5-12)16(17,18)19)14(22)8-9-20-26(23,24)15-3-2-10-25-15/h2-7,10,20H,8-9,11H2,1H3. The van der Waals surface area contributed by atoms with Crippen molar-refractivity contribution in [3.8, 4) is 0 Å². The molecule has 0 bridgehead atoms. The molecule has 0 aliphatic rings. The molecule has 0 aliphatic heterocycles. The van der Waals surface area contributed by atoms with Gasteiger partial charge in [-0.3, -0.25) is 4.79 Å². The van der Waals surface area contributed by atoms with Crippen molar-refractivity contribution in [3.05, 3.63) is 52.9 Å². The van der Waals surface area contributed by atoms with Crippen molar-refractivity contribution in [3.63, 3.8) is 0 Å². The van der Waals surface area contributed by atoms with Crippen LogP contribution in [-0.4, -0.2) is 32.8 Å². The zero-order chi connectivity index (χ0) is 19.4. The van der Waals surface area contributed by atoms with Crippen molar-refractivity contribution in [1.29, 1.82) is 0 Å². The minimum Gasteiger partial charge on any atom is -0.341 e. The number of sulfonamides is 1. The molecule has 1 amide bonds. The van der Waals surface area contributed by atoms with Gasteiger partial charge in [0.2, 0.25) is 15.9 Å². The van der Waals surface area contributed by atoms with Crippen LogP contribution in [0.4, 0.5) is 13.2 Å². The van der Waals surface area contributed by atoms with E-state index in [9.17, 15) is 26.4 Å². The van der Waals surface area contributed by atoms with Gasteiger partial charge in [-0.15, -0.1) is 11.3 Å². The summed E-state index contributed by atoms with van der Waals surface area (Å²) in [5, 5.41) is 1.64. The molecular weight excluding hydrogens is 389 g/mol. The van der Waals surface area contributed by atoms with Crippen LogP contribution >= 0.6 is 11.3 Å². The van der Waals surface area contributed by atoms with E-state index in [0.717, 1.165) is 23.5 Å². The number of thiophene rings is 1. The molecule has 1 aromatic heterocycles. The zero-order valence-corrected chi connectivity index (χ0v) is 15.4. The van der Waals surface area contributed by atoms with Crippen molar-refractivity contribution in [2.24, 2.45) is 0 Å². The Morgan fingerprint density at radius 3 is 2.38 bits per heavy atom. The molecule has 1 aromatic carbocycles. The van der Waals surface area contributed by atoms with Gasteiger partial charge in [0.25, 0.3) is 0 Å². The van der Waals surface area contributed by atoms with E-state index in [1.807, 2.05) is 0 Å². The Bertz CT molecular complexity index is 833. The number of benzene rings is 1. The lowest BCUT2D eigenvalue weighted by Crippen LogP contribution is -2.31. The van der Waals surface area contributed by atoms with E-state index in [0.29, 0.717) is 5.56 Å². The maximum Gasteiger partial charge on any atom is 0.416 e. The first kappa shape index (κ1) is 20.4. The highest BCUT2D eigenvalue weighted by Gasteiger charge is 2.30. The highest BCUT2D eigenvalue weighted by Crippen LogP contribution is 2.29. The van der Waals surface area contributed by atoms with Gasteiger partial charge >= 0.3 is 6.18 Å². The second-order valence-corrected chi connectivity index (χ2v) is 8.47. The van der Waals surface area contributed by atoms with Gasteiger partial charge < -0.3 is 4.90 Å². The van der Waals surface area contributed by atoms with Crippen LogP contribution in [-0.2, 0) is 27.5 Å². The average molecular weight is 406 g/mol. The highest BCUT2D eigenvalue weighted by atomic mass is 32.2. The Morgan fingerprint density at radius 1 is 1.19 bits per heavy atom. The molecular formula is C16H17F3N2O3S2. The van der Waals surface area contributed by atoms with Crippen LogP contribution in [0, 0.1) is 0 Å². The minimum atomic E-state index is -4.40. The maximum atomic E-state index is 12.5. The number of nitrogens with one attached hydrogen (secondary N) is 1. The third-order valence-electron chi connectivity index (χ3n) is 3.52. The summed E-state index contributed by atoms with van der Waals surface area (Å²) < 4.78 is 64.0. The molecule has 0 saturated heterocycles. The second kappa shape index (κ2) is 8.19. The number of nitrogens with zero attached hydrogens (tertiary/aromatic N) is 1. The van der Waals surface area contributed by atoms with Crippen LogP contribution in [0.25, 0.3) is 0 Å². The summed E-state index contributed by atoms with van der Waals surface area (Å²) in [5.41, 5.74) is -0.203. The Labute approximate surface area is 153 Å². The number of hydrogen-bond acceptors (Lipinski definition) is 4. The molecule has 0 radical (unpaired) electrons. The smallest absolute Gasteiger partial charge is 0.341 e. The van der Waals surface area contributed by atoms with E-state index >= 15 is 0 Å². The largest absolute Gasteiger partial charge is 0.416 e. The molecule has 10 heteroatoms. The Kier molecular flexibility index (Phi) is 6.43. The molecule has 0 fully saturated rings. The molecule has 0 aliphatic carbocycles. The lowest BCUT2D eigenvalue weighted by molar-refractivity contribution is -0.137. The van der Waals surface area contributed by atoms with Gasteiger partial charge in [0.1, 0.15) is 4.21 Å². The predicted octanol–water partition coefficient (Wildman–Crippen LogP) is 3.09. The first-order valence-corrected chi connectivity index (χ1v) is 9.89. The normalized spacial score (nSPS) is 12.2. The average Bonchev–Trinajstić information content (AvgIpc) is 3.09. The van der Waals surface area contributed by atoms with Crippen LogP contribution in [0.15, 0.2) is 46.0 Å². The van der Waals surface area contributed by atoms with Crippen LogP contribution in [0.3, 0.4) is 0 Å². The summed E-state index contributed by atoms with van der Waals surface area (Å²) in [6, 6.07) is 7.62. The molecule has 1 N–H and O–H groups in total. The summed E-state index contributed by atoms with van der Waals surface area (Å²) in [6.07, 6.45) is -4.46. The van der Waals surface area contributed by atoms with Gasteiger partial charge in [-0.1, -0.05) is 18.2 Å². The SMILES string of the molecule is CN(Cc1ccc(C(F)(F)F)cc1)C(=O)CCNS(=O)(=O)c1cccs1. The van der Waals surface area contributed by atoms with Crippen LogP contribution in [0.5, 0.6) is 0 Å². The topological polar surface area (TPSA) is 66.5 Å². The summed E-state index contributed by atoms with van der Waals surface area (Å²) in [6.45, 7) is 0.0745. The minimum absolute atomic E-state index is 0.0538. The lowest BCUT2D eigenvalue weighted by Gasteiger charge is -2.18. The lowest BCUT2D eigenvalue weighted by atomic mass is 10.1. The van der Waals surface area contributed by atoms with Gasteiger partial charge in [-0.05, 0) is 29.1 Å². The number of carbonyl (C=O) groups excluding carboxylic acids is 1. The summed E-state index contributed by atoms with van der Waals surface area (Å²) >= 11 is 1.07. The molecule has 0 unspecified atom stereocenters. The first-order chi connectivity index (χ1) is 12.1. The van der Waals surface area contributed by atoms with Crippen molar-refractivity contribution in [2.75, 3.05) is 13.6 Å². The van der Waals surface area contributed by atoms with Gasteiger partial charge in [0, 0.05) is 26.6 Å². The fraction of sp³-hybridized carbons (Fsp3) is 0.312. The summed E-state index contributed by atoms with van der Waals surface area (Å²) in [4.78, 5) is 13.4. The Balaban J connectivity index is 1.84. The van der Waals surface area contributed by atoms with Crippen molar-refractivity contribution in [1.82, 2.24) is 9.62 Å². The van der Waals surface area contributed by atoms with Crippen molar-refractivity contribution in [2.45, 2.75) is 23.4 Å². The molecule has 2 rings (SSSR count). The van der Waals surface area contributed by atoms with Crippen molar-refractivity contribution >= 4 is 27.3 Å². The third-order valence-corrected chi connectivity index (χ3v) is 6.38. The Hall–Kier alpha value is -1.91. The van der Waals surface area contributed by atoms with Gasteiger partial charge in [-0.25, -0.2) is 13.1 Å². The van der Waals surface area contributed by atoms with E-state index < -0.39 is 21.8 Å². The van der Waals surface area contributed by atoms with E-state index in [-0.39, 0.29) is 29.6 Å². The number of alkyl halides is 3.